The van der Waals surface area contributed by atoms with Gasteiger partial charge in [-0.2, -0.15) is 0 Å². The second kappa shape index (κ2) is 7.78. The second-order valence-corrected chi connectivity index (χ2v) is 7.04. The number of piperidine rings is 1. The van der Waals surface area contributed by atoms with Crippen molar-refractivity contribution in [1.29, 1.82) is 0 Å². The summed E-state index contributed by atoms with van der Waals surface area (Å²) in [6, 6.07) is 4.52. The lowest BCUT2D eigenvalue weighted by Gasteiger charge is -2.31. The van der Waals surface area contributed by atoms with Gasteiger partial charge in [0.05, 0.1) is 11.9 Å². The summed E-state index contributed by atoms with van der Waals surface area (Å²) in [4.78, 5) is 53.8. The van der Waals surface area contributed by atoms with Crippen LogP contribution in [0, 0.1) is 0 Å². The molecule has 1 amide bonds. The van der Waals surface area contributed by atoms with Crippen molar-refractivity contribution in [2.45, 2.75) is 18.8 Å². The molecular formula is C20H20N6O3. The van der Waals surface area contributed by atoms with Gasteiger partial charge < -0.3 is 14.5 Å². The summed E-state index contributed by atoms with van der Waals surface area (Å²) < 4.78 is 1.43. The van der Waals surface area contributed by atoms with Gasteiger partial charge in [-0.25, -0.2) is 9.97 Å². The number of carbonyl (C=O) groups excluding carboxylic acids is 1. The Morgan fingerprint density at radius 3 is 2.66 bits per heavy atom. The molecule has 0 radical (unpaired) electrons. The smallest absolute Gasteiger partial charge is 0.254 e. The highest BCUT2D eigenvalue weighted by Crippen LogP contribution is 2.27. The van der Waals surface area contributed by atoms with Crippen LogP contribution in [0.15, 0.2) is 52.6 Å². The van der Waals surface area contributed by atoms with Crippen LogP contribution in [-0.2, 0) is 7.05 Å². The summed E-state index contributed by atoms with van der Waals surface area (Å²) in [5, 5.41) is 0. The molecule has 3 aromatic heterocycles. The number of rotatable bonds is 3. The van der Waals surface area contributed by atoms with Crippen LogP contribution in [0.3, 0.4) is 0 Å². The Morgan fingerprint density at radius 2 is 1.97 bits per heavy atom. The van der Waals surface area contributed by atoms with Gasteiger partial charge in [-0.1, -0.05) is 0 Å². The van der Waals surface area contributed by atoms with Gasteiger partial charge in [0.2, 0.25) is 0 Å². The van der Waals surface area contributed by atoms with Crippen molar-refractivity contribution in [2.24, 2.45) is 7.05 Å². The third-order valence-corrected chi connectivity index (χ3v) is 5.12. The second-order valence-electron chi connectivity index (χ2n) is 7.04. The summed E-state index contributed by atoms with van der Waals surface area (Å²) in [5.74, 6) is 0.305. The van der Waals surface area contributed by atoms with E-state index in [1.165, 1.54) is 16.7 Å². The maximum absolute atomic E-state index is 12.7. The average molecular weight is 392 g/mol. The van der Waals surface area contributed by atoms with Crippen molar-refractivity contribution >= 4 is 5.91 Å². The molecule has 9 heteroatoms. The molecule has 4 heterocycles. The van der Waals surface area contributed by atoms with Crippen molar-refractivity contribution in [2.75, 3.05) is 13.1 Å². The molecule has 29 heavy (non-hydrogen) atoms. The SMILES string of the molecule is Cn1ccc(C(=O)N2CCC(c3cc(=O)[nH]c(-c4cnccn4)n3)CC2)cc1=O. The highest BCUT2D eigenvalue weighted by Gasteiger charge is 2.26. The van der Waals surface area contributed by atoms with Crippen LogP contribution >= 0.6 is 0 Å². The van der Waals surface area contributed by atoms with E-state index in [1.54, 1.807) is 42.8 Å². The fourth-order valence-electron chi connectivity index (χ4n) is 3.47. The number of nitrogens with one attached hydrogen (secondary N) is 1. The zero-order chi connectivity index (χ0) is 20.4. The molecule has 0 aliphatic carbocycles. The van der Waals surface area contributed by atoms with E-state index in [4.69, 9.17) is 0 Å². The number of H-pyrrole nitrogens is 1. The third-order valence-electron chi connectivity index (χ3n) is 5.12. The van der Waals surface area contributed by atoms with E-state index in [0.29, 0.717) is 48.7 Å². The largest absolute Gasteiger partial charge is 0.339 e. The highest BCUT2D eigenvalue weighted by molar-refractivity contribution is 5.94. The van der Waals surface area contributed by atoms with E-state index in [-0.39, 0.29) is 22.9 Å². The normalized spacial score (nSPS) is 14.7. The van der Waals surface area contributed by atoms with Crippen LogP contribution in [0.5, 0.6) is 0 Å². The summed E-state index contributed by atoms with van der Waals surface area (Å²) in [7, 11) is 1.64. The van der Waals surface area contributed by atoms with Gasteiger partial charge in [0.1, 0.15) is 5.69 Å². The molecule has 1 N–H and O–H groups in total. The minimum absolute atomic E-state index is 0.0698. The standard InChI is InChI=1S/C20H20N6O3/c1-25-7-2-14(10-18(25)28)20(29)26-8-3-13(4-9-26)15-11-17(27)24-19(23-15)16-12-21-5-6-22-16/h2,5-7,10-13H,3-4,8-9H2,1H3,(H,23,24,27). The van der Waals surface area contributed by atoms with Gasteiger partial charge in [-0.3, -0.25) is 19.4 Å². The van der Waals surface area contributed by atoms with E-state index in [0.717, 1.165) is 0 Å². The Labute approximate surface area is 166 Å². The van der Waals surface area contributed by atoms with Crippen LogP contribution in [0.25, 0.3) is 11.5 Å². The first kappa shape index (κ1) is 18.7. The summed E-state index contributed by atoms with van der Waals surface area (Å²) in [6.45, 7) is 1.07. The molecule has 1 fully saturated rings. The topological polar surface area (TPSA) is 114 Å². The molecule has 3 aromatic rings. The summed E-state index contributed by atoms with van der Waals surface area (Å²) in [5.41, 5.74) is 1.13. The van der Waals surface area contributed by atoms with Gasteiger partial charge in [-0.15, -0.1) is 0 Å². The number of amides is 1. The predicted molar refractivity (Wildman–Crippen MR) is 105 cm³/mol. The minimum atomic E-state index is -0.241. The molecular weight excluding hydrogens is 372 g/mol. The lowest BCUT2D eigenvalue weighted by molar-refractivity contribution is 0.0711. The quantitative estimate of drug-likeness (QED) is 0.710. The molecule has 0 spiro atoms. The average Bonchev–Trinajstić information content (AvgIpc) is 2.75. The van der Waals surface area contributed by atoms with E-state index >= 15 is 0 Å². The van der Waals surface area contributed by atoms with E-state index in [9.17, 15) is 14.4 Å². The number of likely N-dealkylation sites (tertiary alicyclic amines) is 1. The number of hydrogen-bond acceptors (Lipinski definition) is 6. The van der Waals surface area contributed by atoms with Crippen LogP contribution in [0.4, 0.5) is 0 Å². The molecule has 0 atom stereocenters. The molecule has 1 aliphatic rings. The van der Waals surface area contributed by atoms with Crippen LogP contribution < -0.4 is 11.1 Å². The van der Waals surface area contributed by atoms with Gasteiger partial charge in [-0.05, 0) is 18.9 Å². The molecule has 0 bridgehead atoms. The molecule has 1 aliphatic heterocycles. The van der Waals surface area contributed by atoms with E-state index in [2.05, 4.69) is 19.9 Å². The maximum atomic E-state index is 12.7. The Hall–Kier alpha value is -3.62. The van der Waals surface area contributed by atoms with Gasteiger partial charge in [0.15, 0.2) is 5.82 Å². The predicted octanol–water partition coefficient (Wildman–Crippen LogP) is 0.945. The Morgan fingerprint density at radius 1 is 1.17 bits per heavy atom. The Bertz CT molecular complexity index is 1150. The zero-order valence-corrected chi connectivity index (χ0v) is 15.9. The Kier molecular flexibility index (Phi) is 5.03. The number of aromatic amines is 1. The molecule has 0 aromatic carbocycles. The van der Waals surface area contributed by atoms with Gasteiger partial charge >= 0.3 is 0 Å². The maximum Gasteiger partial charge on any atom is 0.254 e. The highest BCUT2D eigenvalue weighted by atomic mass is 16.2. The fourth-order valence-corrected chi connectivity index (χ4v) is 3.47. The van der Waals surface area contributed by atoms with Crippen molar-refractivity contribution < 1.29 is 4.79 Å². The molecule has 0 unspecified atom stereocenters. The summed E-state index contributed by atoms with van der Waals surface area (Å²) in [6.07, 6.45) is 7.62. The monoisotopic (exact) mass is 392 g/mol. The fraction of sp³-hybridized carbons (Fsp3) is 0.300. The van der Waals surface area contributed by atoms with Crippen molar-refractivity contribution in [3.63, 3.8) is 0 Å². The Balaban J connectivity index is 1.49. The van der Waals surface area contributed by atoms with Crippen molar-refractivity contribution in [3.05, 3.63) is 75.0 Å². The minimum Gasteiger partial charge on any atom is -0.339 e. The van der Waals surface area contributed by atoms with Gasteiger partial charge in [0, 0.05) is 62.3 Å². The van der Waals surface area contributed by atoms with Gasteiger partial charge in [0.25, 0.3) is 17.0 Å². The first-order valence-electron chi connectivity index (χ1n) is 9.35. The van der Waals surface area contributed by atoms with Crippen LogP contribution in [0.2, 0.25) is 0 Å². The molecule has 0 saturated carbocycles. The number of hydrogen-bond donors (Lipinski definition) is 1. The summed E-state index contributed by atoms with van der Waals surface area (Å²) >= 11 is 0. The number of aromatic nitrogens is 5. The molecule has 4 rings (SSSR count). The zero-order valence-electron chi connectivity index (χ0n) is 15.9. The molecule has 148 valence electrons. The first-order valence-corrected chi connectivity index (χ1v) is 9.35. The van der Waals surface area contributed by atoms with E-state index < -0.39 is 0 Å². The number of aryl methyl sites for hydroxylation is 1. The third kappa shape index (κ3) is 3.98. The lowest BCUT2D eigenvalue weighted by atomic mass is 9.93. The van der Waals surface area contributed by atoms with Crippen molar-refractivity contribution in [1.82, 2.24) is 29.4 Å². The number of nitrogens with zero attached hydrogens (tertiary/aromatic N) is 5. The van der Waals surface area contributed by atoms with Crippen LogP contribution in [-0.4, -0.2) is 48.4 Å². The lowest BCUT2D eigenvalue weighted by Crippen LogP contribution is -2.38. The molecule has 9 nitrogen and oxygen atoms in total. The number of carbonyl (C=O) groups is 1. The van der Waals surface area contributed by atoms with Crippen molar-refractivity contribution in [3.8, 4) is 11.5 Å². The molecule has 1 saturated heterocycles. The van der Waals surface area contributed by atoms with E-state index in [1.807, 2.05) is 0 Å². The number of pyridine rings is 1. The first-order chi connectivity index (χ1) is 14.0. The van der Waals surface area contributed by atoms with Crippen LogP contribution in [0.1, 0.15) is 34.8 Å².